The van der Waals surface area contributed by atoms with E-state index in [1.165, 1.54) is 11.0 Å². The summed E-state index contributed by atoms with van der Waals surface area (Å²) in [6.45, 7) is 3.94. The molecule has 0 bridgehead atoms. The van der Waals surface area contributed by atoms with Crippen LogP contribution >= 0.6 is 0 Å². The number of benzene rings is 1. The lowest BCUT2D eigenvalue weighted by atomic mass is 10.1. The number of nitrogens with one attached hydrogen (secondary N) is 1. The number of alkyl halides is 3. The van der Waals surface area contributed by atoms with Crippen molar-refractivity contribution in [2.75, 3.05) is 44.7 Å². The Labute approximate surface area is 233 Å². The van der Waals surface area contributed by atoms with Gasteiger partial charge in [0.25, 0.3) is 0 Å². The fraction of sp³-hybridized carbons (Fsp3) is 0.667. The molecule has 2 atom stereocenters. The number of unbranched alkanes of at least 4 members (excludes halogenated alkanes) is 2. The van der Waals surface area contributed by atoms with E-state index in [1.54, 1.807) is 4.90 Å². The van der Waals surface area contributed by atoms with Gasteiger partial charge in [0.05, 0.1) is 21.8 Å². The molecular weight excluding hydrogens is 547 g/mol. The second kappa shape index (κ2) is 11.6. The molecule has 9 nitrogen and oxygen atoms in total. The van der Waals surface area contributed by atoms with Crippen molar-refractivity contribution in [1.82, 2.24) is 15.1 Å². The molecule has 0 aromatic heterocycles. The van der Waals surface area contributed by atoms with E-state index in [1.807, 2.05) is 20.0 Å². The van der Waals surface area contributed by atoms with E-state index < -0.39 is 55.1 Å². The van der Waals surface area contributed by atoms with E-state index in [0.717, 1.165) is 25.0 Å². The van der Waals surface area contributed by atoms with Gasteiger partial charge in [-0.25, -0.2) is 8.42 Å². The number of nitriles is 1. The van der Waals surface area contributed by atoms with E-state index >= 15 is 0 Å². The molecule has 4 rings (SSSR count). The zero-order valence-corrected chi connectivity index (χ0v) is 23.7. The Bertz CT molecular complexity index is 1270. The molecule has 2 heterocycles. The molecule has 1 saturated carbocycles. The standard InChI is InChI=1S/C27H36F3N5O4S/c1-3-4-5-6-24(36)35-17-20(16-22(35)25(37)32-26(18-31)9-10-26)40(38,39)23-8-7-19(15-21(23)27(28,29)30)34-13-11-33(2)12-14-34/h7-8,15,20,22H,3-6,9-14,16-17H2,1-2H3,(H,32,37)/t20-,22+/m1/s1. The fourth-order valence-corrected chi connectivity index (χ4v) is 7.24. The molecule has 13 heteroatoms. The molecule has 0 spiro atoms. The van der Waals surface area contributed by atoms with Gasteiger partial charge in [-0.1, -0.05) is 19.8 Å². The zero-order valence-electron chi connectivity index (χ0n) is 22.8. The van der Waals surface area contributed by atoms with Gasteiger partial charge in [0, 0.05) is 44.8 Å². The average molecular weight is 584 g/mol. The van der Waals surface area contributed by atoms with Crippen molar-refractivity contribution in [1.29, 1.82) is 5.26 Å². The summed E-state index contributed by atoms with van der Waals surface area (Å²) in [5.74, 6) is -1.07. The van der Waals surface area contributed by atoms with Crippen molar-refractivity contribution in [3.05, 3.63) is 23.8 Å². The molecule has 1 aromatic rings. The summed E-state index contributed by atoms with van der Waals surface area (Å²) < 4.78 is 70.2. The average Bonchev–Trinajstić information content (AvgIpc) is 3.52. The molecular formula is C27H36F3N5O4S. The first-order chi connectivity index (χ1) is 18.8. The predicted octanol–water partition coefficient (Wildman–Crippen LogP) is 2.95. The molecule has 2 amide bonds. The summed E-state index contributed by atoms with van der Waals surface area (Å²) >= 11 is 0. The summed E-state index contributed by atoms with van der Waals surface area (Å²) in [4.78, 5) is 30.4. The number of carbonyl (C=O) groups is 2. The number of piperazine rings is 1. The molecule has 1 aromatic carbocycles. The van der Waals surface area contributed by atoms with Crippen LogP contribution in [-0.4, -0.2) is 86.6 Å². The number of hydrogen-bond acceptors (Lipinski definition) is 7. The summed E-state index contributed by atoms with van der Waals surface area (Å²) in [5.41, 5.74) is -1.99. The summed E-state index contributed by atoms with van der Waals surface area (Å²) in [7, 11) is -2.66. The molecule has 0 unspecified atom stereocenters. The second-order valence-electron chi connectivity index (χ2n) is 11.1. The Morgan fingerprint density at radius 1 is 1.15 bits per heavy atom. The number of carbonyl (C=O) groups excluding carboxylic acids is 2. The lowest BCUT2D eigenvalue weighted by Crippen LogP contribution is -2.49. The Balaban J connectivity index is 1.63. The summed E-state index contributed by atoms with van der Waals surface area (Å²) in [6.07, 6.45) is -2.11. The van der Waals surface area contributed by atoms with Crippen LogP contribution in [0, 0.1) is 11.3 Å². The molecule has 220 valence electrons. The van der Waals surface area contributed by atoms with Crippen molar-refractivity contribution < 1.29 is 31.2 Å². The molecule has 2 aliphatic heterocycles. The number of likely N-dealkylation sites (N-methyl/N-ethyl adjacent to an activating group) is 1. The lowest BCUT2D eigenvalue weighted by molar-refractivity contribution is -0.140. The van der Waals surface area contributed by atoms with Crippen LogP contribution in [0.25, 0.3) is 0 Å². The van der Waals surface area contributed by atoms with Crippen LogP contribution in [0.15, 0.2) is 23.1 Å². The number of amides is 2. The third-order valence-electron chi connectivity index (χ3n) is 8.09. The van der Waals surface area contributed by atoms with E-state index in [9.17, 15) is 36.4 Å². The molecule has 3 fully saturated rings. The minimum Gasteiger partial charge on any atom is -0.369 e. The van der Waals surface area contributed by atoms with Gasteiger partial charge in [-0.3, -0.25) is 9.59 Å². The van der Waals surface area contributed by atoms with Gasteiger partial charge < -0.3 is 20.0 Å². The van der Waals surface area contributed by atoms with Crippen molar-refractivity contribution in [3.8, 4) is 6.07 Å². The number of nitrogens with zero attached hydrogens (tertiary/aromatic N) is 4. The number of hydrogen-bond donors (Lipinski definition) is 1. The highest BCUT2D eigenvalue weighted by molar-refractivity contribution is 7.92. The Morgan fingerprint density at radius 2 is 1.82 bits per heavy atom. The zero-order chi connectivity index (χ0) is 29.3. The first-order valence-electron chi connectivity index (χ1n) is 13.7. The van der Waals surface area contributed by atoms with Gasteiger partial charge in [-0.15, -0.1) is 0 Å². The van der Waals surface area contributed by atoms with Gasteiger partial charge in [0.1, 0.15) is 11.6 Å². The van der Waals surface area contributed by atoms with Gasteiger partial charge in [0.15, 0.2) is 9.84 Å². The van der Waals surface area contributed by atoms with Crippen LogP contribution in [0.1, 0.15) is 57.4 Å². The molecule has 40 heavy (non-hydrogen) atoms. The molecule has 0 radical (unpaired) electrons. The van der Waals surface area contributed by atoms with E-state index in [2.05, 4.69) is 10.2 Å². The Hall–Kier alpha value is -2.85. The van der Waals surface area contributed by atoms with Crippen LogP contribution < -0.4 is 10.2 Å². The van der Waals surface area contributed by atoms with E-state index in [0.29, 0.717) is 51.1 Å². The number of likely N-dealkylation sites (tertiary alicyclic amines) is 1. The quantitative estimate of drug-likeness (QED) is 0.445. The summed E-state index contributed by atoms with van der Waals surface area (Å²) in [6, 6.07) is 4.13. The van der Waals surface area contributed by atoms with Gasteiger partial charge >= 0.3 is 6.18 Å². The van der Waals surface area contributed by atoms with Crippen LogP contribution in [0.2, 0.25) is 0 Å². The Morgan fingerprint density at radius 3 is 2.40 bits per heavy atom. The molecule has 1 N–H and O–H groups in total. The molecule has 3 aliphatic rings. The maximum Gasteiger partial charge on any atom is 0.417 e. The van der Waals surface area contributed by atoms with Crippen molar-refractivity contribution in [3.63, 3.8) is 0 Å². The van der Waals surface area contributed by atoms with Gasteiger partial charge in [0.2, 0.25) is 11.8 Å². The highest BCUT2D eigenvalue weighted by Crippen LogP contribution is 2.40. The van der Waals surface area contributed by atoms with Gasteiger partial charge in [-0.05, 0) is 50.9 Å². The van der Waals surface area contributed by atoms with Crippen LogP contribution in [0.5, 0.6) is 0 Å². The number of sulfone groups is 1. The SMILES string of the molecule is CCCCCC(=O)N1C[C@H](S(=O)(=O)c2ccc(N3CCN(C)CC3)cc2C(F)(F)F)C[C@H]1C(=O)NC1(C#N)CC1. The lowest BCUT2D eigenvalue weighted by Gasteiger charge is -2.34. The Kier molecular flexibility index (Phi) is 8.71. The normalized spacial score (nSPS) is 23.1. The monoisotopic (exact) mass is 583 g/mol. The maximum absolute atomic E-state index is 14.2. The maximum atomic E-state index is 14.2. The third-order valence-corrected chi connectivity index (χ3v) is 10.3. The fourth-order valence-electron chi connectivity index (χ4n) is 5.35. The number of rotatable bonds is 9. The highest BCUT2D eigenvalue weighted by Gasteiger charge is 2.51. The highest BCUT2D eigenvalue weighted by atomic mass is 32.2. The van der Waals surface area contributed by atoms with Crippen LogP contribution in [0.4, 0.5) is 18.9 Å². The van der Waals surface area contributed by atoms with Crippen LogP contribution in [-0.2, 0) is 25.6 Å². The summed E-state index contributed by atoms with van der Waals surface area (Å²) in [5, 5.41) is 10.6. The first-order valence-corrected chi connectivity index (χ1v) is 15.3. The van der Waals surface area contributed by atoms with Crippen molar-refractivity contribution >= 4 is 27.3 Å². The van der Waals surface area contributed by atoms with E-state index in [-0.39, 0.29) is 19.4 Å². The minimum atomic E-state index is -4.93. The largest absolute Gasteiger partial charge is 0.417 e. The van der Waals surface area contributed by atoms with Gasteiger partial charge in [-0.2, -0.15) is 18.4 Å². The smallest absolute Gasteiger partial charge is 0.369 e. The third kappa shape index (κ3) is 6.38. The number of anilines is 1. The van der Waals surface area contributed by atoms with Crippen molar-refractivity contribution in [2.45, 2.75) is 79.8 Å². The van der Waals surface area contributed by atoms with E-state index in [4.69, 9.17) is 0 Å². The first kappa shape index (κ1) is 30.1. The second-order valence-corrected chi connectivity index (χ2v) is 13.3. The predicted molar refractivity (Wildman–Crippen MR) is 142 cm³/mol. The molecule has 2 saturated heterocycles. The number of halogens is 3. The topological polar surface area (TPSA) is 114 Å². The molecule has 1 aliphatic carbocycles. The van der Waals surface area contributed by atoms with Crippen LogP contribution in [0.3, 0.4) is 0 Å². The van der Waals surface area contributed by atoms with Crippen molar-refractivity contribution in [2.24, 2.45) is 0 Å². The minimum absolute atomic E-state index is 0.0985.